The molecule has 12 heteroatoms. The molecular weight excluding hydrogens is 506 g/mol. The highest BCUT2D eigenvalue weighted by atomic mass is 32.2. The SMILES string of the molecule is C[C@@H](O)/C(N)=N/S(=O)(=O)c1cc(C(=O)/C(=C(/O)c2cccc(F)c2)c2nc3ccccc3[nH]2)ccc1F. The molecule has 37 heavy (non-hydrogen) atoms. The second kappa shape index (κ2) is 9.91. The number of fused-ring (bicyclic) bond motifs is 1. The van der Waals surface area contributed by atoms with Gasteiger partial charge in [-0.3, -0.25) is 4.79 Å². The molecular formula is C25H20F2N4O5S. The fraction of sp³-hybridized carbons (Fsp3) is 0.0800. The largest absolute Gasteiger partial charge is 0.506 e. The molecule has 3 aromatic carbocycles. The Morgan fingerprint density at radius 1 is 1.05 bits per heavy atom. The maximum absolute atomic E-state index is 14.5. The van der Waals surface area contributed by atoms with Crippen molar-refractivity contribution in [2.24, 2.45) is 10.1 Å². The number of aromatic amines is 1. The molecule has 190 valence electrons. The molecule has 0 aliphatic rings. The number of benzene rings is 3. The van der Waals surface area contributed by atoms with Crippen molar-refractivity contribution < 1.29 is 32.2 Å². The summed E-state index contributed by atoms with van der Waals surface area (Å²) in [6.07, 6.45) is -1.42. The molecule has 1 aromatic heterocycles. The predicted octanol–water partition coefficient (Wildman–Crippen LogP) is 3.58. The van der Waals surface area contributed by atoms with E-state index >= 15 is 0 Å². The van der Waals surface area contributed by atoms with Gasteiger partial charge in [-0.15, -0.1) is 4.40 Å². The number of Topliss-reactive ketones (excluding diaryl/α,β-unsaturated/α-hetero) is 1. The molecule has 0 bridgehead atoms. The zero-order valence-corrected chi connectivity index (χ0v) is 20.0. The maximum Gasteiger partial charge on any atom is 0.286 e. The zero-order chi connectivity index (χ0) is 26.9. The van der Waals surface area contributed by atoms with Gasteiger partial charge in [0.15, 0.2) is 0 Å². The molecule has 0 unspecified atom stereocenters. The molecule has 4 rings (SSSR count). The lowest BCUT2D eigenvalue weighted by Crippen LogP contribution is -2.27. The van der Waals surface area contributed by atoms with Gasteiger partial charge >= 0.3 is 0 Å². The van der Waals surface area contributed by atoms with Crippen LogP contribution in [0.1, 0.15) is 28.7 Å². The first-order valence-electron chi connectivity index (χ1n) is 10.7. The molecule has 0 saturated carbocycles. The average molecular weight is 527 g/mol. The van der Waals surface area contributed by atoms with Gasteiger partial charge in [0.05, 0.1) is 11.0 Å². The van der Waals surface area contributed by atoms with E-state index in [0.717, 1.165) is 30.3 Å². The van der Waals surface area contributed by atoms with Gasteiger partial charge in [-0.1, -0.05) is 24.3 Å². The summed E-state index contributed by atoms with van der Waals surface area (Å²) in [4.78, 5) is 19.9. The number of ketones is 1. The first-order chi connectivity index (χ1) is 17.5. The van der Waals surface area contributed by atoms with Crippen LogP contribution in [0.15, 0.2) is 76.0 Å². The fourth-order valence-corrected chi connectivity index (χ4v) is 4.55. The van der Waals surface area contributed by atoms with Gasteiger partial charge in [-0.25, -0.2) is 13.8 Å². The van der Waals surface area contributed by atoms with Gasteiger partial charge in [0.2, 0.25) is 5.78 Å². The molecule has 1 atom stereocenters. The van der Waals surface area contributed by atoms with Gasteiger partial charge in [0.1, 0.15) is 45.6 Å². The van der Waals surface area contributed by atoms with Crippen molar-refractivity contribution in [3.05, 3.63) is 95.3 Å². The molecule has 4 aromatic rings. The van der Waals surface area contributed by atoms with Crippen molar-refractivity contribution in [3.63, 3.8) is 0 Å². The predicted molar refractivity (Wildman–Crippen MR) is 133 cm³/mol. The van der Waals surface area contributed by atoms with Gasteiger partial charge in [-0.05, 0) is 49.4 Å². The number of hydrogen-bond acceptors (Lipinski definition) is 6. The third kappa shape index (κ3) is 5.25. The van der Waals surface area contributed by atoms with E-state index in [2.05, 4.69) is 14.4 Å². The summed E-state index contributed by atoms with van der Waals surface area (Å²) < 4.78 is 56.9. The van der Waals surface area contributed by atoms with E-state index < -0.39 is 55.6 Å². The second-order valence-corrected chi connectivity index (χ2v) is 9.55. The Hall–Kier alpha value is -4.42. The Kier molecular flexibility index (Phi) is 6.88. The van der Waals surface area contributed by atoms with Crippen LogP contribution >= 0.6 is 0 Å². The number of carbonyl (C=O) groups is 1. The van der Waals surface area contributed by atoms with Crippen molar-refractivity contribution in [1.29, 1.82) is 0 Å². The topological polar surface area (TPSA) is 159 Å². The summed E-state index contributed by atoms with van der Waals surface area (Å²) in [5, 5.41) is 20.5. The normalized spacial score (nSPS) is 13.9. The molecule has 0 fully saturated rings. The highest BCUT2D eigenvalue weighted by Gasteiger charge is 2.27. The van der Waals surface area contributed by atoms with Crippen molar-refractivity contribution in [3.8, 4) is 0 Å². The van der Waals surface area contributed by atoms with Crippen LogP contribution in [0.2, 0.25) is 0 Å². The van der Waals surface area contributed by atoms with Crippen LogP contribution < -0.4 is 5.73 Å². The molecule has 0 amide bonds. The molecule has 0 saturated heterocycles. The summed E-state index contributed by atoms with van der Waals surface area (Å²) in [5.74, 6) is -4.24. The number of para-hydroxylation sites is 2. The van der Waals surface area contributed by atoms with Crippen LogP contribution in [0.5, 0.6) is 0 Å². The van der Waals surface area contributed by atoms with E-state index in [1.165, 1.54) is 19.1 Å². The minimum Gasteiger partial charge on any atom is -0.506 e. The van der Waals surface area contributed by atoms with Crippen LogP contribution in [0, 0.1) is 11.6 Å². The highest BCUT2D eigenvalue weighted by molar-refractivity contribution is 7.90. The van der Waals surface area contributed by atoms with Gasteiger partial charge in [0.25, 0.3) is 10.0 Å². The van der Waals surface area contributed by atoms with Gasteiger partial charge in [0, 0.05) is 11.1 Å². The monoisotopic (exact) mass is 526 g/mol. The van der Waals surface area contributed by atoms with E-state index in [1.807, 2.05) is 0 Å². The number of hydrogen-bond donors (Lipinski definition) is 4. The Balaban J connectivity index is 1.91. The number of nitrogens with one attached hydrogen (secondary N) is 1. The lowest BCUT2D eigenvalue weighted by molar-refractivity contribution is 0.105. The fourth-order valence-electron chi connectivity index (χ4n) is 3.43. The summed E-state index contributed by atoms with van der Waals surface area (Å²) in [5.41, 5.74) is 5.59. The number of H-pyrrole nitrogens is 1. The second-order valence-electron chi connectivity index (χ2n) is 7.98. The van der Waals surface area contributed by atoms with E-state index in [4.69, 9.17) is 5.73 Å². The average Bonchev–Trinajstić information content (AvgIpc) is 3.27. The number of nitrogens with two attached hydrogens (primary N) is 1. The molecule has 0 aliphatic carbocycles. The summed E-state index contributed by atoms with van der Waals surface area (Å²) in [7, 11) is -4.76. The molecule has 1 heterocycles. The van der Waals surface area contributed by atoms with Crippen molar-refractivity contribution in [2.75, 3.05) is 0 Å². The number of imidazole rings is 1. The molecule has 0 radical (unpaired) electrons. The quantitative estimate of drug-likeness (QED) is 0.0942. The standard InChI is InChI=1S/C25H20F2N4O5S/c1-13(32)24(28)31-37(35,36)20-12-15(9-10-17(20)27)23(34)21(22(33)14-5-4-6-16(26)11-14)25-29-18-7-2-3-8-19(18)30-25/h2-13,32-33H,1H3,(H2,28,31)(H,29,30)/b22-21-/t13-/m1/s1. The van der Waals surface area contributed by atoms with Gasteiger partial charge in [-0.2, -0.15) is 8.42 Å². The van der Waals surface area contributed by atoms with Crippen LogP contribution in [0.3, 0.4) is 0 Å². The van der Waals surface area contributed by atoms with Crippen LogP contribution in [-0.4, -0.2) is 46.3 Å². The maximum atomic E-state index is 14.5. The minimum absolute atomic E-state index is 0.0481. The Morgan fingerprint density at radius 3 is 2.46 bits per heavy atom. The van der Waals surface area contributed by atoms with E-state index in [9.17, 15) is 32.2 Å². The number of allylic oxidation sites excluding steroid dienone is 1. The third-order valence-electron chi connectivity index (χ3n) is 5.31. The van der Waals surface area contributed by atoms with Crippen LogP contribution in [0.25, 0.3) is 22.4 Å². The van der Waals surface area contributed by atoms with E-state index in [-0.39, 0.29) is 17.0 Å². The number of carbonyl (C=O) groups excluding carboxylic acids is 1. The first-order valence-corrected chi connectivity index (χ1v) is 12.2. The van der Waals surface area contributed by atoms with Crippen molar-refractivity contribution >= 4 is 44.0 Å². The number of aliphatic hydroxyl groups excluding tert-OH is 2. The summed E-state index contributed by atoms with van der Waals surface area (Å²) in [6, 6.07) is 14.1. The minimum atomic E-state index is -4.76. The van der Waals surface area contributed by atoms with E-state index in [1.54, 1.807) is 24.3 Å². The van der Waals surface area contributed by atoms with Crippen LogP contribution in [0.4, 0.5) is 8.78 Å². The Morgan fingerprint density at radius 2 is 1.78 bits per heavy atom. The number of nitrogens with zero attached hydrogens (tertiary/aromatic N) is 2. The number of aromatic nitrogens is 2. The summed E-state index contributed by atoms with van der Waals surface area (Å²) in [6.45, 7) is 1.17. The molecule has 0 aliphatic heterocycles. The first kappa shape index (κ1) is 25.7. The Labute approximate surface area is 209 Å². The number of halogens is 2. The highest BCUT2D eigenvalue weighted by Crippen LogP contribution is 2.30. The lowest BCUT2D eigenvalue weighted by atomic mass is 9.98. The molecule has 0 spiro atoms. The Bertz CT molecular complexity index is 1660. The van der Waals surface area contributed by atoms with Crippen molar-refractivity contribution in [1.82, 2.24) is 9.97 Å². The number of aliphatic hydroxyl groups is 2. The lowest BCUT2D eigenvalue weighted by Gasteiger charge is -2.11. The number of rotatable bonds is 7. The number of sulfonamides is 1. The van der Waals surface area contributed by atoms with E-state index in [0.29, 0.717) is 11.0 Å². The van der Waals surface area contributed by atoms with Gasteiger partial charge < -0.3 is 20.9 Å². The van der Waals surface area contributed by atoms with Crippen molar-refractivity contribution in [2.45, 2.75) is 17.9 Å². The van der Waals surface area contributed by atoms with Crippen LogP contribution in [-0.2, 0) is 10.0 Å². The smallest absolute Gasteiger partial charge is 0.286 e. The number of amidine groups is 1. The molecule has 5 N–H and O–H groups in total. The third-order valence-corrected chi connectivity index (χ3v) is 6.63. The zero-order valence-electron chi connectivity index (χ0n) is 19.2. The summed E-state index contributed by atoms with van der Waals surface area (Å²) >= 11 is 0. The molecule has 9 nitrogen and oxygen atoms in total.